The van der Waals surface area contributed by atoms with Gasteiger partial charge in [-0.1, -0.05) is 0 Å². The Hall–Kier alpha value is -1.75. The van der Waals surface area contributed by atoms with Crippen LogP contribution in [0, 0.1) is 0 Å². The average Bonchev–Trinajstić information content (AvgIpc) is 2.68. The lowest BCUT2D eigenvalue weighted by atomic mass is 10.3. The van der Waals surface area contributed by atoms with Crippen LogP contribution in [0.3, 0.4) is 0 Å². The molecule has 0 fully saturated rings. The van der Waals surface area contributed by atoms with E-state index < -0.39 is 0 Å². The van der Waals surface area contributed by atoms with E-state index in [1.54, 1.807) is 17.8 Å². The standard InChI is InChI=1S/C9H6N2O2S/c12-6-13-8-5-14-9(11-8)7-1-3-10-4-2-7/h1-6H. The van der Waals surface area contributed by atoms with Crippen molar-refractivity contribution in [3.05, 3.63) is 29.9 Å². The fraction of sp³-hybridized carbons (Fsp3) is 0. The molecule has 0 aliphatic carbocycles. The van der Waals surface area contributed by atoms with Gasteiger partial charge in [-0.05, 0) is 12.1 Å². The number of hydrogen-bond donors (Lipinski definition) is 0. The molecule has 5 heteroatoms. The summed E-state index contributed by atoms with van der Waals surface area (Å²) >= 11 is 1.42. The fourth-order valence-corrected chi connectivity index (χ4v) is 1.73. The van der Waals surface area contributed by atoms with Crippen molar-refractivity contribution >= 4 is 17.8 Å². The van der Waals surface area contributed by atoms with Crippen molar-refractivity contribution in [1.82, 2.24) is 9.97 Å². The van der Waals surface area contributed by atoms with Gasteiger partial charge in [-0.2, -0.15) is 0 Å². The minimum atomic E-state index is 0.330. The van der Waals surface area contributed by atoms with E-state index >= 15 is 0 Å². The highest BCUT2D eigenvalue weighted by Gasteiger charge is 2.04. The van der Waals surface area contributed by atoms with Crippen LogP contribution in [0.15, 0.2) is 29.9 Å². The normalized spacial score (nSPS) is 9.71. The van der Waals surface area contributed by atoms with Crippen LogP contribution < -0.4 is 4.74 Å². The fourth-order valence-electron chi connectivity index (χ4n) is 0.990. The van der Waals surface area contributed by atoms with Crippen molar-refractivity contribution in [2.45, 2.75) is 0 Å². The number of hydrogen-bond acceptors (Lipinski definition) is 5. The van der Waals surface area contributed by atoms with Gasteiger partial charge >= 0.3 is 0 Å². The van der Waals surface area contributed by atoms with Crippen LogP contribution in [0.1, 0.15) is 0 Å². The third-order valence-corrected chi connectivity index (χ3v) is 2.45. The molecule has 0 N–H and O–H groups in total. The van der Waals surface area contributed by atoms with Gasteiger partial charge in [-0.25, -0.2) is 4.98 Å². The van der Waals surface area contributed by atoms with E-state index in [1.807, 2.05) is 12.1 Å². The van der Waals surface area contributed by atoms with Crippen molar-refractivity contribution in [2.75, 3.05) is 0 Å². The lowest BCUT2D eigenvalue weighted by Gasteiger charge is -1.92. The summed E-state index contributed by atoms with van der Waals surface area (Å²) in [5, 5.41) is 2.49. The summed E-state index contributed by atoms with van der Waals surface area (Å²) in [5.74, 6) is 0.330. The zero-order valence-corrected chi connectivity index (χ0v) is 7.90. The summed E-state index contributed by atoms with van der Waals surface area (Å²) < 4.78 is 4.61. The van der Waals surface area contributed by atoms with Gasteiger partial charge in [0.1, 0.15) is 5.01 Å². The van der Waals surface area contributed by atoms with Crippen LogP contribution in [-0.2, 0) is 4.79 Å². The largest absolute Gasteiger partial charge is 0.409 e. The molecular formula is C9H6N2O2S. The molecule has 14 heavy (non-hydrogen) atoms. The predicted octanol–water partition coefficient (Wildman–Crippen LogP) is 1.74. The molecule has 0 bridgehead atoms. The highest BCUT2D eigenvalue weighted by atomic mass is 32.1. The lowest BCUT2D eigenvalue weighted by molar-refractivity contribution is -0.120. The van der Waals surface area contributed by atoms with Crippen LogP contribution >= 0.6 is 11.3 Å². The molecule has 0 unspecified atom stereocenters. The molecule has 2 rings (SSSR count). The van der Waals surface area contributed by atoms with Gasteiger partial charge in [-0.3, -0.25) is 9.78 Å². The molecule has 0 spiro atoms. The zero-order valence-electron chi connectivity index (χ0n) is 7.08. The third kappa shape index (κ3) is 1.77. The van der Waals surface area contributed by atoms with Gasteiger partial charge in [0.2, 0.25) is 5.88 Å². The van der Waals surface area contributed by atoms with Crippen LogP contribution in [0.25, 0.3) is 10.6 Å². The van der Waals surface area contributed by atoms with Gasteiger partial charge < -0.3 is 4.74 Å². The smallest absolute Gasteiger partial charge is 0.299 e. The van der Waals surface area contributed by atoms with E-state index in [0.717, 1.165) is 10.6 Å². The maximum Gasteiger partial charge on any atom is 0.299 e. The van der Waals surface area contributed by atoms with E-state index in [9.17, 15) is 4.79 Å². The zero-order chi connectivity index (χ0) is 9.80. The van der Waals surface area contributed by atoms with Gasteiger partial charge in [-0.15, -0.1) is 11.3 Å². The van der Waals surface area contributed by atoms with Crippen molar-refractivity contribution in [2.24, 2.45) is 0 Å². The summed E-state index contributed by atoms with van der Waals surface area (Å²) in [6, 6.07) is 3.70. The second kappa shape index (κ2) is 3.97. The first-order valence-corrected chi connectivity index (χ1v) is 4.74. The van der Waals surface area contributed by atoms with E-state index in [0.29, 0.717) is 12.4 Å². The summed E-state index contributed by atoms with van der Waals surface area (Å²) in [6.07, 6.45) is 3.38. The first-order valence-electron chi connectivity index (χ1n) is 3.86. The van der Waals surface area contributed by atoms with Crippen LogP contribution in [-0.4, -0.2) is 16.4 Å². The van der Waals surface area contributed by atoms with Crippen LogP contribution in [0.2, 0.25) is 0 Å². The molecule has 0 radical (unpaired) electrons. The molecule has 0 saturated carbocycles. The number of nitrogens with zero attached hydrogens (tertiary/aromatic N) is 2. The first kappa shape index (κ1) is 8.83. The van der Waals surface area contributed by atoms with E-state index in [1.165, 1.54) is 11.3 Å². The Morgan fingerprint density at radius 2 is 2.14 bits per heavy atom. The molecule has 4 nitrogen and oxygen atoms in total. The monoisotopic (exact) mass is 206 g/mol. The van der Waals surface area contributed by atoms with Gasteiger partial charge in [0, 0.05) is 18.0 Å². The topological polar surface area (TPSA) is 52.1 Å². The second-order valence-electron chi connectivity index (χ2n) is 2.44. The average molecular weight is 206 g/mol. The Morgan fingerprint density at radius 3 is 2.86 bits per heavy atom. The molecule has 70 valence electrons. The Bertz CT molecular complexity index is 427. The number of aromatic nitrogens is 2. The molecule has 2 heterocycles. The highest BCUT2D eigenvalue weighted by Crippen LogP contribution is 2.25. The number of thiazole rings is 1. The van der Waals surface area contributed by atoms with Crippen LogP contribution in [0.4, 0.5) is 0 Å². The van der Waals surface area contributed by atoms with Crippen molar-refractivity contribution in [3.63, 3.8) is 0 Å². The summed E-state index contributed by atoms with van der Waals surface area (Å²) in [4.78, 5) is 18.1. The number of pyridine rings is 1. The van der Waals surface area contributed by atoms with Crippen molar-refractivity contribution in [1.29, 1.82) is 0 Å². The van der Waals surface area contributed by atoms with Gasteiger partial charge in [0.25, 0.3) is 6.47 Å². The predicted molar refractivity (Wildman–Crippen MR) is 52.0 cm³/mol. The molecule has 0 aliphatic heterocycles. The Labute approximate surface area is 84.2 Å². The quantitative estimate of drug-likeness (QED) is 0.718. The molecule has 0 aliphatic rings. The Morgan fingerprint density at radius 1 is 1.36 bits per heavy atom. The van der Waals surface area contributed by atoms with E-state index in [2.05, 4.69) is 14.7 Å². The number of rotatable bonds is 3. The Balaban J connectivity index is 2.29. The minimum absolute atomic E-state index is 0.330. The second-order valence-corrected chi connectivity index (χ2v) is 3.30. The molecule has 0 amide bonds. The van der Waals surface area contributed by atoms with Gasteiger partial charge in [0.05, 0.1) is 5.38 Å². The lowest BCUT2D eigenvalue weighted by Crippen LogP contribution is -1.87. The van der Waals surface area contributed by atoms with E-state index in [-0.39, 0.29) is 0 Å². The number of carbonyl (C=O) groups excluding carboxylic acids is 1. The molecule has 0 saturated heterocycles. The summed E-state index contributed by atoms with van der Waals surface area (Å²) in [5.41, 5.74) is 0.964. The van der Waals surface area contributed by atoms with Gasteiger partial charge in [0.15, 0.2) is 0 Å². The Kier molecular flexibility index (Phi) is 2.51. The van der Waals surface area contributed by atoms with Crippen molar-refractivity contribution in [3.8, 4) is 16.5 Å². The highest BCUT2D eigenvalue weighted by molar-refractivity contribution is 7.13. The van der Waals surface area contributed by atoms with Crippen LogP contribution in [0.5, 0.6) is 5.88 Å². The van der Waals surface area contributed by atoms with E-state index in [4.69, 9.17) is 0 Å². The summed E-state index contributed by atoms with van der Waals surface area (Å²) in [6.45, 7) is 0.366. The first-order chi connectivity index (χ1) is 6.90. The van der Waals surface area contributed by atoms with Crippen molar-refractivity contribution < 1.29 is 9.53 Å². The third-order valence-electron chi connectivity index (χ3n) is 1.58. The number of carbonyl (C=O) groups is 1. The maximum absolute atomic E-state index is 10.1. The molecule has 0 atom stereocenters. The molecule has 0 aromatic carbocycles. The molecule has 2 aromatic rings. The summed E-state index contributed by atoms with van der Waals surface area (Å²) in [7, 11) is 0. The minimum Gasteiger partial charge on any atom is -0.409 e. The SMILES string of the molecule is O=COc1csc(-c2ccncc2)n1. The molecule has 2 aromatic heterocycles. The maximum atomic E-state index is 10.1. The molecular weight excluding hydrogens is 200 g/mol. The number of ether oxygens (including phenoxy) is 1.